The van der Waals surface area contributed by atoms with Gasteiger partial charge in [-0.25, -0.2) is 0 Å². The number of unbranched alkanes of at least 4 members (excludes halogenated alkanes) is 21. The van der Waals surface area contributed by atoms with Gasteiger partial charge in [0.1, 0.15) is 13.2 Å². The number of hydrogen-bond acceptors (Lipinski definition) is 6. The standard InChI is InChI=1S/C57H96O6/c1-4-7-10-13-16-19-22-25-28-29-30-33-35-38-41-44-47-50-56(59)62-53-54(63-57(60)51-48-45-42-39-36-32-27-24-21-18-15-12-9-6-3)52-61-55(58)49-46-43-40-37-34-31-26-23-20-17-14-11-8-5-2/h7,10,16,19,23-28,30,33,38,41,54H,4-6,8-9,11-15,17-18,20-22,29,31-32,34-37,39-40,42-53H2,1-3H3/b10-7-,19-16-,26-23-,27-24-,28-25-,33-30-,41-38-/t54-/m1/s1. The number of allylic oxidation sites excluding steroid dienone is 14. The molecule has 0 saturated heterocycles. The van der Waals surface area contributed by atoms with Gasteiger partial charge in [0, 0.05) is 19.3 Å². The van der Waals surface area contributed by atoms with Gasteiger partial charge in [-0.2, -0.15) is 0 Å². The van der Waals surface area contributed by atoms with Gasteiger partial charge < -0.3 is 14.2 Å². The highest BCUT2D eigenvalue weighted by atomic mass is 16.6. The molecule has 6 nitrogen and oxygen atoms in total. The molecule has 0 unspecified atom stereocenters. The SMILES string of the molecule is CC/C=C\C/C=C\C/C=C\C/C=C\C/C=C\CCCC(=O)OC[C@@H](COC(=O)CCCCCCC/C=C\CCCCCCC)OC(=O)CCCCCCC/C=C\CCCCCCC. The predicted octanol–water partition coefficient (Wildman–Crippen LogP) is 17.2. The summed E-state index contributed by atoms with van der Waals surface area (Å²) in [7, 11) is 0. The third-order valence-electron chi connectivity index (χ3n) is 10.9. The minimum Gasteiger partial charge on any atom is -0.462 e. The van der Waals surface area contributed by atoms with E-state index >= 15 is 0 Å². The van der Waals surface area contributed by atoms with E-state index in [1.54, 1.807) is 0 Å². The molecular weight excluding hydrogens is 781 g/mol. The molecule has 0 aromatic heterocycles. The van der Waals surface area contributed by atoms with Crippen LogP contribution in [0.15, 0.2) is 85.1 Å². The highest BCUT2D eigenvalue weighted by molar-refractivity contribution is 5.71. The van der Waals surface area contributed by atoms with E-state index in [-0.39, 0.29) is 37.5 Å². The van der Waals surface area contributed by atoms with Gasteiger partial charge in [-0.1, -0.05) is 196 Å². The van der Waals surface area contributed by atoms with Gasteiger partial charge in [0.15, 0.2) is 6.10 Å². The van der Waals surface area contributed by atoms with Crippen LogP contribution in [0.3, 0.4) is 0 Å². The molecule has 0 N–H and O–H groups in total. The van der Waals surface area contributed by atoms with E-state index in [0.717, 1.165) is 103 Å². The molecule has 0 rings (SSSR count). The topological polar surface area (TPSA) is 78.9 Å². The Hall–Kier alpha value is -3.41. The minimum atomic E-state index is -0.806. The molecule has 6 heteroatoms. The van der Waals surface area contributed by atoms with Gasteiger partial charge in [0.05, 0.1) is 0 Å². The zero-order chi connectivity index (χ0) is 45.8. The van der Waals surface area contributed by atoms with E-state index in [0.29, 0.717) is 19.3 Å². The number of ether oxygens (including phenoxy) is 3. The maximum Gasteiger partial charge on any atom is 0.306 e. The van der Waals surface area contributed by atoms with E-state index in [9.17, 15) is 14.4 Å². The molecule has 0 amide bonds. The third-order valence-corrected chi connectivity index (χ3v) is 10.9. The molecule has 0 aromatic rings. The van der Waals surface area contributed by atoms with E-state index in [2.05, 4.69) is 106 Å². The third kappa shape index (κ3) is 49.5. The maximum atomic E-state index is 12.8. The first kappa shape index (κ1) is 59.6. The van der Waals surface area contributed by atoms with Gasteiger partial charge in [-0.05, 0) is 109 Å². The zero-order valence-electron chi connectivity index (χ0n) is 41.1. The maximum absolute atomic E-state index is 12.8. The summed E-state index contributed by atoms with van der Waals surface area (Å²) >= 11 is 0. The van der Waals surface area contributed by atoms with Gasteiger partial charge in [0.2, 0.25) is 0 Å². The fourth-order valence-corrected chi connectivity index (χ4v) is 6.94. The van der Waals surface area contributed by atoms with Crippen LogP contribution in [0.2, 0.25) is 0 Å². The van der Waals surface area contributed by atoms with E-state index in [1.807, 2.05) is 0 Å². The number of carbonyl (C=O) groups is 3. The molecule has 1 atom stereocenters. The molecular formula is C57H96O6. The van der Waals surface area contributed by atoms with Crippen LogP contribution in [0.5, 0.6) is 0 Å². The van der Waals surface area contributed by atoms with Gasteiger partial charge in [-0.15, -0.1) is 0 Å². The lowest BCUT2D eigenvalue weighted by Crippen LogP contribution is -2.30. The molecule has 0 saturated carbocycles. The number of hydrogen-bond donors (Lipinski definition) is 0. The Bertz CT molecular complexity index is 1240. The molecule has 0 spiro atoms. The monoisotopic (exact) mass is 877 g/mol. The summed E-state index contributed by atoms with van der Waals surface area (Å²) in [5.41, 5.74) is 0. The molecule has 0 bridgehead atoms. The fourth-order valence-electron chi connectivity index (χ4n) is 6.94. The lowest BCUT2D eigenvalue weighted by atomic mass is 10.1. The normalized spacial score (nSPS) is 12.7. The fraction of sp³-hybridized carbons (Fsp3) is 0.702. The highest BCUT2D eigenvalue weighted by Crippen LogP contribution is 2.13. The zero-order valence-corrected chi connectivity index (χ0v) is 41.1. The second-order valence-corrected chi connectivity index (χ2v) is 17.0. The molecule has 0 radical (unpaired) electrons. The quantitative estimate of drug-likeness (QED) is 0.0262. The minimum absolute atomic E-state index is 0.102. The Balaban J connectivity index is 4.50. The smallest absolute Gasteiger partial charge is 0.306 e. The van der Waals surface area contributed by atoms with Crippen molar-refractivity contribution < 1.29 is 28.6 Å². The van der Waals surface area contributed by atoms with Crippen LogP contribution in [0.25, 0.3) is 0 Å². The van der Waals surface area contributed by atoms with Crippen molar-refractivity contribution in [2.45, 2.75) is 245 Å². The Morgan fingerprint density at radius 2 is 0.635 bits per heavy atom. The summed E-state index contributed by atoms with van der Waals surface area (Å²) < 4.78 is 16.7. The lowest BCUT2D eigenvalue weighted by Gasteiger charge is -2.18. The van der Waals surface area contributed by atoms with Crippen molar-refractivity contribution in [3.8, 4) is 0 Å². The van der Waals surface area contributed by atoms with Crippen molar-refractivity contribution in [2.75, 3.05) is 13.2 Å². The number of carbonyl (C=O) groups excluding carboxylic acids is 3. The van der Waals surface area contributed by atoms with Crippen LogP contribution in [-0.4, -0.2) is 37.2 Å². The number of esters is 3. The summed E-state index contributed by atoms with van der Waals surface area (Å²) in [5, 5.41) is 0. The lowest BCUT2D eigenvalue weighted by molar-refractivity contribution is -0.167. The van der Waals surface area contributed by atoms with Crippen molar-refractivity contribution in [1.82, 2.24) is 0 Å². The molecule has 63 heavy (non-hydrogen) atoms. The van der Waals surface area contributed by atoms with Crippen LogP contribution in [0, 0.1) is 0 Å². The van der Waals surface area contributed by atoms with Gasteiger partial charge >= 0.3 is 17.9 Å². The van der Waals surface area contributed by atoms with Crippen molar-refractivity contribution >= 4 is 17.9 Å². The molecule has 0 aliphatic rings. The predicted molar refractivity (Wildman–Crippen MR) is 270 cm³/mol. The van der Waals surface area contributed by atoms with Crippen LogP contribution in [0.4, 0.5) is 0 Å². The van der Waals surface area contributed by atoms with E-state index in [1.165, 1.54) is 89.9 Å². The van der Waals surface area contributed by atoms with E-state index in [4.69, 9.17) is 14.2 Å². The average molecular weight is 877 g/mol. The molecule has 0 aliphatic carbocycles. The average Bonchev–Trinajstić information content (AvgIpc) is 3.28. The van der Waals surface area contributed by atoms with Gasteiger partial charge in [0.25, 0.3) is 0 Å². The van der Waals surface area contributed by atoms with Gasteiger partial charge in [-0.3, -0.25) is 14.4 Å². The van der Waals surface area contributed by atoms with Crippen LogP contribution >= 0.6 is 0 Å². The Morgan fingerprint density at radius 1 is 0.333 bits per heavy atom. The molecule has 0 fully saturated rings. The Labute approximate surface area is 388 Å². The summed E-state index contributed by atoms with van der Waals surface area (Å²) in [5.74, 6) is -0.980. The number of rotatable bonds is 46. The first-order valence-electron chi connectivity index (χ1n) is 26.1. The van der Waals surface area contributed by atoms with Crippen molar-refractivity contribution in [1.29, 1.82) is 0 Å². The van der Waals surface area contributed by atoms with Crippen LogP contribution < -0.4 is 0 Å². The molecule has 0 aliphatic heterocycles. The summed E-state index contributed by atoms with van der Waals surface area (Å²) in [4.78, 5) is 38.0. The second kappa shape index (κ2) is 51.2. The summed E-state index contributed by atoms with van der Waals surface area (Å²) in [6.07, 6.45) is 65.7. The Kier molecular flexibility index (Phi) is 48.5. The van der Waals surface area contributed by atoms with Crippen molar-refractivity contribution in [3.05, 3.63) is 85.1 Å². The Morgan fingerprint density at radius 3 is 1.05 bits per heavy atom. The summed E-state index contributed by atoms with van der Waals surface area (Å²) in [6.45, 7) is 6.44. The summed E-state index contributed by atoms with van der Waals surface area (Å²) in [6, 6.07) is 0. The van der Waals surface area contributed by atoms with E-state index < -0.39 is 6.10 Å². The largest absolute Gasteiger partial charge is 0.462 e. The molecule has 0 heterocycles. The first-order valence-corrected chi connectivity index (χ1v) is 26.1. The van der Waals surface area contributed by atoms with Crippen molar-refractivity contribution in [2.24, 2.45) is 0 Å². The van der Waals surface area contributed by atoms with Crippen LogP contribution in [-0.2, 0) is 28.6 Å². The van der Waals surface area contributed by atoms with Crippen molar-refractivity contribution in [3.63, 3.8) is 0 Å². The second-order valence-electron chi connectivity index (χ2n) is 17.0. The van der Waals surface area contributed by atoms with Crippen LogP contribution in [0.1, 0.15) is 239 Å². The molecule has 360 valence electrons. The highest BCUT2D eigenvalue weighted by Gasteiger charge is 2.19. The molecule has 0 aromatic carbocycles. The first-order chi connectivity index (χ1) is 31.0.